The van der Waals surface area contributed by atoms with Crippen LogP contribution in [-0.2, 0) is 6.42 Å². The van der Waals surface area contributed by atoms with Crippen LogP contribution < -0.4 is 0 Å². The van der Waals surface area contributed by atoms with Crippen LogP contribution in [0.4, 0.5) is 4.39 Å². The van der Waals surface area contributed by atoms with Crippen molar-refractivity contribution >= 4 is 33.0 Å². The standard InChI is InChI=1S/C13H9BrFNOS/c14-13-16-10-5-8(6-11(17)12(10)18-13)7-1-3-9(15)4-2-7/h1-4,8H,5-6H2/t8-/m1/s1. The van der Waals surface area contributed by atoms with Gasteiger partial charge in [-0.1, -0.05) is 12.1 Å². The molecule has 92 valence electrons. The number of fused-ring (bicyclic) bond motifs is 1. The van der Waals surface area contributed by atoms with Gasteiger partial charge in [0.15, 0.2) is 9.70 Å². The van der Waals surface area contributed by atoms with Crippen molar-refractivity contribution < 1.29 is 9.18 Å². The maximum Gasteiger partial charge on any atom is 0.175 e. The first-order valence-corrected chi connectivity index (χ1v) is 7.18. The van der Waals surface area contributed by atoms with Crippen LogP contribution in [0.3, 0.4) is 0 Å². The molecule has 1 aliphatic carbocycles. The largest absolute Gasteiger partial charge is 0.293 e. The zero-order valence-electron chi connectivity index (χ0n) is 9.32. The minimum atomic E-state index is -0.252. The van der Waals surface area contributed by atoms with E-state index in [1.54, 1.807) is 12.1 Å². The Morgan fingerprint density at radius 1 is 1.28 bits per heavy atom. The van der Waals surface area contributed by atoms with Crippen molar-refractivity contribution in [1.82, 2.24) is 4.98 Å². The molecule has 0 unspecified atom stereocenters. The van der Waals surface area contributed by atoms with Gasteiger partial charge in [0.05, 0.1) is 10.6 Å². The van der Waals surface area contributed by atoms with Gasteiger partial charge in [-0.3, -0.25) is 4.79 Å². The van der Waals surface area contributed by atoms with Crippen LogP contribution >= 0.6 is 27.3 Å². The van der Waals surface area contributed by atoms with Gasteiger partial charge in [0.2, 0.25) is 0 Å². The molecule has 0 N–H and O–H groups in total. The molecule has 1 aromatic carbocycles. The maximum absolute atomic E-state index is 12.9. The quantitative estimate of drug-likeness (QED) is 0.794. The number of nitrogens with zero attached hydrogens (tertiary/aromatic N) is 1. The topological polar surface area (TPSA) is 30.0 Å². The van der Waals surface area contributed by atoms with Gasteiger partial charge in [-0.05, 0) is 46.0 Å². The zero-order valence-corrected chi connectivity index (χ0v) is 11.7. The van der Waals surface area contributed by atoms with Crippen LogP contribution in [-0.4, -0.2) is 10.8 Å². The first-order chi connectivity index (χ1) is 8.63. The van der Waals surface area contributed by atoms with Crippen molar-refractivity contribution in [2.24, 2.45) is 0 Å². The molecule has 3 rings (SSSR count). The number of hydrogen-bond acceptors (Lipinski definition) is 3. The molecule has 0 fully saturated rings. The van der Waals surface area contributed by atoms with E-state index in [0.29, 0.717) is 6.42 Å². The fourth-order valence-corrected chi connectivity index (χ4v) is 3.74. The van der Waals surface area contributed by atoms with Crippen LogP contribution in [0.5, 0.6) is 0 Å². The lowest BCUT2D eigenvalue weighted by Crippen LogP contribution is -2.17. The molecule has 0 saturated carbocycles. The Kier molecular flexibility index (Phi) is 3.03. The minimum Gasteiger partial charge on any atom is -0.293 e. The molecule has 5 heteroatoms. The van der Waals surface area contributed by atoms with Gasteiger partial charge in [0.1, 0.15) is 5.82 Å². The van der Waals surface area contributed by atoms with Gasteiger partial charge in [-0.25, -0.2) is 9.37 Å². The molecule has 0 radical (unpaired) electrons. The molecule has 2 aromatic rings. The summed E-state index contributed by atoms with van der Waals surface area (Å²) in [7, 11) is 0. The number of halogens is 2. The summed E-state index contributed by atoms with van der Waals surface area (Å²) in [5, 5.41) is 0. The zero-order chi connectivity index (χ0) is 12.7. The molecular weight excluding hydrogens is 317 g/mol. The smallest absolute Gasteiger partial charge is 0.175 e. The molecule has 0 amide bonds. The average molecular weight is 326 g/mol. The van der Waals surface area contributed by atoms with Crippen LogP contribution in [0.2, 0.25) is 0 Å². The summed E-state index contributed by atoms with van der Waals surface area (Å²) in [4.78, 5) is 17.1. The van der Waals surface area contributed by atoms with Crippen LogP contribution in [0.25, 0.3) is 0 Å². The summed E-state index contributed by atoms with van der Waals surface area (Å²) in [6, 6.07) is 6.37. The van der Waals surface area contributed by atoms with E-state index in [1.807, 2.05) is 0 Å². The van der Waals surface area contributed by atoms with Crippen molar-refractivity contribution in [3.8, 4) is 0 Å². The second-order valence-electron chi connectivity index (χ2n) is 4.32. The van der Waals surface area contributed by atoms with E-state index in [2.05, 4.69) is 20.9 Å². The Morgan fingerprint density at radius 2 is 2.00 bits per heavy atom. The third-order valence-electron chi connectivity index (χ3n) is 3.14. The molecule has 0 spiro atoms. The monoisotopic (exact) mass is 325 g/mol. The predicted molar refractivity (Wildman–Crippen MR) is 71.6 cm³/mol. The Hall–Kier alpha value is -1.07. The van der Waals surface area contributed by atoms with Gasteiger partial charge in [-0.2, -0.15) is 0 Å². The van der Waals surface area contributed by atoms with Crippen LogP contribution in [0.1, 0.15) is 33.3 Å². The van der Waals surface area contributed by atoms with E-state index in [9.17, 15) is 9.18 Å². The summed E-state index contributed by atoms with van der Waals surface area (Å²) >= 11 is 4.71. The number of Topliss-reactive ketones (excluding diaryl/α,β-unsaturated/α-hetero) is 1. The number of carbonyl (C=O) groups excluding carboxylic acids is 1. The van der Waals surface area contributed by atoms with Crippen molar-refractivity contribution in [2.75, 3.05) is 0 Å². The minimum absolute atomic E-state index is 0.111. The molecule has 0 saturated heterocycles. The second-order valence-corrected chi connectivity index (χ2v) is 6.60. The number of rotatable bonds is 1. The number of carbonyl (C=O) groups is 1. The Labute approximate surface area is 116 Å². The number of ketones is 1. The summed E-state index contributed by atoms with van der Waals surface area (Å²) in [5.41, 5.74) is 1.86. The van der Waals surface area contributed by atoms with Gasteiger partial charge in [0.25, 0.3) is 0 Å². The summed E-state index contributed by atoms with van der Waals surface area (Å²) < 4.78 is 13.6. The summed E-state index contributed by atoms with van der Waals surface area (Å²) in [6.45, 7) is 0. The van der Waals surface area contributed by atoms with Crippen LogP contribution in [0, 0.1) is 5.82 Å². The highest BCUT2D eigenvalue weighted by molar-refractivity contribution is 9.11. The maximum atomic E-state index is 12.9. The van der Waals surface area contributed by atoms with Crippen molar-refractivity contribution in [1.29, 1.82) is 0 Å². The van der Waals surface area contributed by atoms with Gasteiger partial charge in [0, 0.05) is 6.42 Å². The van der Waals surface area contributed by atoms with Crippen molar-refractivity contribution in [2.45, 2.75) is 18.8 Å². The predicted octanol–water partition coefficient (Wildman–Crippen LogP) is 3.96. The normalized spacial score (nSPS) is 18.8. The summed E-state index contributed by atoms with van der Waals surface area (Å²) in [5.74, 6) is -0.00801. The molecule has 1 atom stereocenters. The lowest BCUT2D eigenvalue weighted by atomic mass is 9.85. The number of aromatic nitrogens is 1. The third kappa shape index (κ3) is 2.12. The van der Waals surface area contributed by atoms with E-state index in [0.717, 1.165) is 26.5 Å². The highest BCUT2D eigenvalue weighted by Crippen LogP contribution is 2.36. The van der Waals surface area contributed by atoms with Crippen molar-refractivity contribution in [3.63, 3.8) is 0 Å². The molecule has 0 aliphatic heterocycles. The van der Waals surface area contributed by atoms with E-state index in [4.69, 9.17) is 0 Å². The molecule has 2 nitrogen and oxygen atoms in total. The molecule has 1 heterocycles. The first-order valence-electron chi connectivity index (χ1n) is 5.57. The fraction of sp³-hybridized carbons (Fsp3) is 0.231. The van der Waals surface area contributed by atoms with E-state index in [1.165, 1.54) is 23.5 Å². The molecular formula is C13H9BrFNOS. The van der Waals surface area contributed by atoms with Gasteiger partial charge in [-0.15, -0.1) is 11.3 Å². The molecule has 1 aromatic heterocycles. The highest BCUT2D eigenvalue weighted by Gasteiger charge is 2.29. The second kappa shape index (κ2) is 4.55. The number of thiazole rings is 1. The van der Waals surface area contributed by atoms with Gasteiger partial charge >= 0.3 is 0 Å². The Bertz CT molecular complexity index is 608. The molecule has 18 heavy (non-hydrogen) atoms. The summed E-state index contributed by atoms with van der Waals surface area (Å²) in [6.07, 6.45) is 1.22. The van der Waals surface area contributed by atoms with E-state index >= 15 is 0 Å². The lowest BCUT2D eigenvalue weighted by Gasteiger charge is -2.20. The Morgan fingerprint density at radius 3 is 2.72 bits per heavy atom. The lowest BCUT2D eigenvalue weighted by molar-refractivity contribution is 0.0968. The molecule has 0 bridgehead atoms. The first kappa shape index (κ1) is 12.0. The van der Waals surface area contributed by atoms with E-state index < -0.39 is 0 Å². The Balaban J connectivity index is 1.94. The number of benzene rings is 1. The molecule has 1 aliphatic rings. The highest BCUT2D eigenvalue weighted by atomic mass is 79.9. The third-order valence-corrected chi connectivity index (χ3v) is 4.73. The fourth-order valence-electron chi connectivity index (χ4n) is 2.27. The number of hydrogen-bond donors (Lipinski definition) is 0. The van der Waals surface area contributed by atoms with Crippen LogP contribution in [0.15, 0.2) is 28.2 Å². The van der Waals surface area contributed by atoms with Gasteiger partial charge < -0.3 is 0 Å². The average Bonchev–Trinajstić information content (AvgIpc) is 2.71. The van der Waals surface area contributed by atoms with E-state index in [-0.39, 0.29) is 17.5 Å². The SMILES string of the molecule is O=C1C[C@H](c2ccc(F)cc2)Cc2nc(Br)sc21. The van der Waals surface area contributed by atoms with Crippen molar-refractivity contribution in [3.05, 3.63) is 50.1 Å².